The van der Waals surface area contributed by atoms with Crippen molar-refractivity contribution >= 4 is 11.5 Å². The standard InChI is InChI=1S/C27H30N2OS/c1-27(2,3)15-6-5-7-17-29(4)20-22-10-9-13-25(19-22)30-21-23-11-8-12-24(18-23)26-14-16-28-31-26/h5,7-14,16,18-19H,17,20-21H2,1-4H3. The normalized spacial score (nSPS) is 11.5. The third-order valence-electron chi connectivity index (χ3n) is 4.47. The number of nitrogens with zero attached hydrogens (tertiary/aromatic N) is 2. The maximum Gasteiger partial charge on any atom is 0.120 e. The minimum atomic E-state index is 0.0408. The first-order valence-corrected chi connectivity index (χ1v) is 11.2. The summed E-state index contributed by atoms with van der Waals surface area (Å²) in [5.74, 6) is 7.23. The third-order valence-corrected chi connectivity index (χ3v) is 5.27. The second kappa shape index (κ2) is 10.9. The summed E-state index contributed by atoms with van der Waals surface area (Å²) in [4.78, 5) is 3.43. The van der Waals surface area contributed by atoms with Crippen LogP contribution in [-0.2, 0) is 13.2 Å². The van der Waals surface area contributed by atoms with E-state index in [-0.39, 0.29) is 5.41 Å². The van der Waals surface area contributed by atoms with E-state index in [1.165, 1.54) is 27.5 Å². The molecule has 3 rings (SSSR count). The summed E-state index contributed by atoms with van der Waals surface area (Å²) in [6.45, 7) is 8.61. The van der Waals surface area contributed by atoms with Crippen LogP contribution in [0.2, 0.25) is 0 Å². The molecule has 3 aromatic rings. The molecule has 0 fully saturated rings. The van der Waals surface area contributed by atoms with Crippen molar-refractivity contribution in [1.29, 1.82) is 0 Å². The van der Waals surface area contributed by atoms with Gasteiger partial charge >= 0.3 is 0 Å². The Hall–Kier alpha value is -2.87. The van der Waals surface area contributed by atoms with Gasteiger partial charge in [0.1, 0.15) is 12.4 Å². The van der Waals surface area contributed by atoms with Gasteiger partial charge in [0.25, 0.3) is 0 Å². The molecule has 31 heavy (non-hydrogen) atoms. The Bertz CT molecular complexity index is 1050. The lowest BCUT2D eigenvalue weighted by atomic mass is 9.98. The van der Waals surface area contributed by atoms with Crippen molar-refractivity contribution in [2.45, 2.75) is 33.9 Å². The number of benzene rings is 2. The molecule has 0 aliphatic carbocycles. The number of hydrogen-bond acceptors (Lipinski definition) is 4. The summed E-state index contributed by atoms with van der Waals surface area (Å²) in [5.41, 5.74) is 3.60. The van der Waals surface area contributed by atoms with Gasteiger partial charge in [-0.15, -0.1) is 0 Å². The Balaban J connectivity index is 1.53. The van der Waals surface area contributed by atoms with E-state index in [1.807, 2.05) is 24.4 Å². The highest BCUT2D eigenvalue weighted by Gasteiger charge is 2.04. The summed E-state index contributed by atoms with van der Waals surface area (Å²) in [6.07, 6.45) is 5.89. The van der Waals surface area contributed by atoms with Crippen molar-refractivity contribution in [1.82, 2.24) is 9.27 Å². The molecule has 0 atom stereocenters. The second-order valence-electron chi connectivity index (χ2n) is 8.63. The Kier molecular flexibility index (Phi) is 8.06. The van der Waals surface area contributed by atoms with Gasteiger partial charge in [0.05, 0.1) is 4.88 Å². The first-order chi connectivity index (χ1) is 14.9. The van der Waals surface area contributed by atoms with Gasteiger partial charge in [-0.25, -0.2) is 4.37 Å². The third kappa shape index (κ3) is 8.05. The molecular formula is C27H30N2OS. The molecule has 0 saturated heterocycles. The molecule has 1 heterocycles. The molecule has 0 bridgehead atoms. The maximum absolute atomic E-state index is 6.07. The molecule has 0 spiro atoms. The zero-order chi connectivity index (χ0) is 22.1. The molecule has 4 heteroatoms. The largest absolute Gasteiger partial charge is 0.489 e. The second-order valence-corrected chi connectivity index (χ2v) is 9.46. The minimum absolute atomic E-state index is 0.0408. The quantitative estimate of drug-likeness (QED) is 0.385. The zero-order valence-electron chi connectivity index (χ0n) is 18.8. The molecule has 0 aliphatic rings. The first kappa shape index (κ1) is 22.8. The number of likely N-dealkylation sites (N-methyl/N-ethyl adjacent to an activating group) is 1. The van der Waals surface area contributed by atoms with Gasteiger partial charge in [0, 0.05) is 24.7 Å². The van der Waals surface area contributed by atoms with E-state index in [0.29, 0.717) is 6.61 Å². The predicted octanol–water partition coefficient (Wildman–Crippen LogP) is 6.43. The SMILES string of the molecule is CN(CC=CC#CC(C)(C)C)Cc1cccc(OCc2cccc(-c3ccns3)c2)c1. The fraction of sp³-hybridized carbons (Fsp3) is 0.296. The van der Waals surface area contributed by atoms with E-state index < -0.39 is 0 Å². The van der Waals surface area contributed by atoms with Crippen molar-refractivity contribution in [2.24, 2.45) is 5.41 Å². The molecule has 1 aromatic heterocycles. The monoisotopic (exact) mass is 430 g/mol. The molecular weight excluding hydrogens is 400 g/mol. The van der Waals surface area contributed by atoms with Crippen molar-refractivity contribution in [2.75, 3.05) is 13.6 Å². The van der Waals surface area contributed by atoms with E-state index in [1.54, 1.807) is 0 Å². The molecule has 0 aliphatic heterocycles. The Morgan fingerprint density at radius 2 is 1.87 bits per heavy atom. The van der Waals surface area contributed by atoms with Gasteiger partial charge in [0.2, 0.25) is 0 Å². The summed E-state index contributed by atoms with van der Waals surface area (Å²) in [7, 11) is 2.11. The molecule has 2 aromatic carbocycles. The number of rotatable bonds is 8. The van der Waals surface area contributed by atoms with E-state index >= 15 is 0 Å². The first-order valence-electron chi connectivity index (χ1n) is 10.5. The van der Waals surface area contributed by atoms with E-state index in [9.17, 15) is 0 Å². The van der Waals surface area contributed by atoms with Crippen LogP contribution in [0.25, 0.3) is 10.4 Å². The van der Waals surface area contributed by atoms with E-state index in [0.717, 1.165) is 24.4 Å². The minimum Gasteiger partial charge on any atom is -0.489 e. The van der Waals surface area contributed by atoms with Crippen LogP contribution in [0, 0.1) is 17.3 Å². The summed E-state index contributed by atoms with van der Waals surface area (Å²) in [5, 5.41) is 0. The number of hydrogen-bond donors (Lipinski definition) is 0. The van der Waals surface area contributed by atoms with Gasteiger partial charge in [0.15, 0.2) is 0 Å². The van der Waals surface area contributed by atoms with Gasteiger partial charge in [-0.1, -0.05) is 48.2 Å². The zero-order valence-corrected chi connectivity index (χ0v) is 19.6. The van der Waals surface area contributed by atoms with E-state index in [4.69, 9.17) is 4.74 Å². The number of aromatic nitrogens is 1. The maximum atomic E-state index is 6.07. The van der Waals surface area contributed by atoms with Crippen molar-refractivity contribution in [3.8, 4) is 28.0 Å². The number of ether oxygens (including phenoxy) is 1. The fourth-order valence-electron chi connectivity index (χ4n) is 3.01. The topological polar surface area (TPSA) is 25.4 Å². The predicted molar refractivity (Wildman–Crippen MR) is 131 cm³/mol. The molecule has 0 radical (unpaired) electrons. The van der Waals surface area contributed by atoms with E-state index in [2.05, 4.69) is 97.5 Å². The van der Waals surface area contributed by atoms with Crippen LogP contribution >= 0.6 is 11.5 Å². The molecule has 0 N–H and O–H groups in total. The summed E-state index contributed by atoms with van der Waals surface area (Å²) < 4.78 is 10.3. The molecule has 160 valence electrons. The lowest BCUT2D eigenvalue weighted by Crippen LogP contribution is -2.17. The number of allylic oxidation sites excluding steroid dienone is 1. The van der Waals surface area contributed by atoms with Gasteiger partial charge < -0.3 is 4.74 Å². The van der Waals surface area contributed by atoms with Crippen LogP contribution in [0.3, 0.4) is 0 Å². The summed E-state index contributed by atoms with van der Waals surface area (Å²) >= 11 is 1.51. The van der Waals surface area contributed by atoms with Gasteiger partial charge in [-0.05, 0) is 86.4 Å². The van der Waals surface area contributed by atoms with Crippen molar-refractivity contribution in [3.63, 3.8) is 0 Å². The van der Waals surface area contributed by atoms with Crippen LogP contribution in [-0.4, -0.2) is 22.9 Å². The van der Waals surface area contributed by atoms with Crippen LogP contribution in [0.4, 0.5) is 0 Å². The Morgan fingerprint density at radius 3 is 2.65 bits per heavy atom. The molecule has 0 amide bonds. The van der Waals surface area contributed by atoms with Crippen LogP contribution < -0.4 is 4.74 Å². The highest BCUT2D eigenvalue weighted by atomic mass is 32.1. The highest BCUT2D eigenvalue weighted by molar-refractivity contribution is 7.09. The fourth-order valence-corrected chi connectivity index (χ4v) is 3.59. The van der Waals surface area contributed by atoms with Crippen LogP contribution in [0.1, 0.15) is 31.9 Å². The lowest BCUT2D eigenvalue weighted by molar-refractivity contribution is 0.304. The smallest absolute Gasteiger partial charge is 0.120 e. The Labute approximate surface area is 190 Å². The molecule has 0 unspecified atom stereocenters. The van der Waals surface area contributed by atoms with Crippen molar-refractivity contribution in [3.05, 3.63) is 84.1 Å². The van der Waals surface area contributed by atoms with Crippen molar-refractivity contribution < 1.29 is 4.74 Å². The highest BCUT2D eigenvalue weighted by Crippen LogP contribution is 2.24. The average molecular weight is 431 g/mol. The van der Waals surface area contributed by atoms with Crippen LogP contribution in [0.15, 0.2) is 72.9 Å². The van der Waals surface area contributed by atoms with Crippen LogP contribution in [0.5, 0.6) is 5.75 Å². The Morgan fingerprint density at radius 1 is 1.06 bits per heavy atom. The molecule has 0 saturated carbocycles. The molecule has 3 nitrogen and oxygen atoms in total. The summed E-state index contributed by atoms with van der Waals surface area (Å²) in [6, 6.07) is 18.8. The average Bonchev–Trinajstić information content (AvgIpc) is 3.27. The van der Waals surface area contributed by atoms with Gasteiger partial charge in [-0.3, -0.25) is 4.90 Å². The lowest BCUT2D eigenvalue weighted by Gasteiger charge is -2.15. The van der Waals surface area contributed by atoms with Gasteiger partial charge in [-0.2, -0.15) is 0 Å².